The van der Waals surface area contributed by atoms with Crippen LogP contribution in [0.1, 0.15) is 51.4 Å². The number of hydrogen-bond acceptors (Lipinski definition) is 5. The minimum Gasteiger partial charge on any atom is -0.376 e. The molecular formula is C19H32N2O3. The highest BCUT2D eigenvalue weighted by Crippen LogP contribution is 2.38. The second kappa shape index (κ2) is 9.07. The summed E-state index contributed by atoms with van der Waals surface area (Å²) in [6.07, 6.45) is 7.96. The predicted molar refractivity (Wildman–Crippen MR) is 92.9 cm³/mol. The summed E-state index contributed by atoms with van der Waals surface area (Å²) in [5, 5.41) is 6.99. The number of carbonyl (C=O) groups excluding carboxylic acids is 2. The molecule has 0 radical (unpaired) electrons. The first-order chi connectivity index (χ1) is 11.7. The van der Waals surface area contributed by atoms with Crippen molar-refractivity contribution in [2.75, 3.05) is 32.8 Å². The largest absolute Gasteiger partial charge is 0.376 e. The second-order valence-corrected chi connectivity index (χ2v) is 7.78. The van der Waals surface area contributed by atoms with Crippen LogP contribution in [-0.2, 0) is 14.3 Å². The van der Waals surface area contributed by atoms with Crippen molar-refractivity contribution in [3.63, 3.8) is 0 Å². The first-order valence-electron chi connectivity index (χ1n) is 9.84. The molecule has 0 aromatic heterocycles. The van der Waals surface area contributed by atoms with Gasteiger partial charge in [0, 0.05) is 18.9 Å². The average molecular weight is 336 g/mol. The fourth-order valence-corrected chi connectivity index (χ4v) is 4.63. The van der Waals surface area contributed by atoms with Gasteiger partial charge in [-0.3, -0.25) is 9.59 Å². The Labute approximate surface area is 145 Å². The molecule has 2 N–H and O–H groups in total. The molecule has 5 nitrogen and oxygen atoms in total. The number of fused-ring (bicyclic) bond motifs is 5. The SMILES string of the molecule is O=C1CC2CC(C1=O)C1CCCC(CNCCCCNCCO2)C1. The van der Waals surface area contributed by atoms with Crippen molar-refractivity contribution in [1.29, 1.82) is 0 Å². The highest BCUT2D eigenvalue weighted by Gasteiger charge is 2.41. The molecule has 3 rings (SSSR count). The van der Waals surface area contributed by atoms with Gasteiger partial charge in [-0.25, -0.2) is 0 Å². The Morgan fingerprint density at radius 2 is 1.75 bits per heavy atom. The van der Waals surface area contributed by atoms with Crippen LogP contribution in [-0.4, -0.2) is 50.5 Å². The predicted octanol–water partition coefficient (Wildman–Crippen LogP) is 1.70. The van der Waals surface area contributed by atoms with E-state index in [1.54, 1.807) is 0 Å². The monoisotopic (exact) mass is 336 g/mol. The molecule has 4 bridgehead atoms. The van der Waals surface area contributed by atoms with E-state index in [-0.39, 0.29) is 30.0 Å². The summed E-state index contributed by atoms with van der Waals surface area (Å²) < 4.78 is 5.92. The molecular weight excluding hydrogens is 304 g/mol. The van der Waals surface area contributed by atoms with Gasteiger partial charge in [0.1, 0.15) is 0 Å². The Hall–Kier alpha value is -0.780. The number of ketones is 2. The number of Topliss-reactive ketones (excluding diaryl/α,β-unsaturated/α-hetero) is 2. The van der Waals surface area contributed by atoms with Gasteiger partial charge >= 0.3 is 0 Å². The van der Waals surface area contributed by atoms with Gasteiger partial charge in [0.2, 0.25) is 11.6 Å². The quantitative estimate of drug-likeness (QED) is 0.659. The highest BCUT2D eigenvalue weighted by molar-refractivity contribution is 6.38. The summed E-state index contributed by atoms with van der Waals surface area (Å²) in [6.45, 7) is 4.59. The van der Waals surface area contributed by atoms with Crippen LogP contribution in [0, 0.1) is 17.8 Å². The van der Waals surface area contributed by atoms with Gasteiger partial charge in [-0.05, 0) is 70.0 Å². The van der Waals surface area contributed by atoms with E-state index < -0.39 is 0 Å². The van der Waals surface area contributed by atoms with Crippen LogP contribution in [0.2, 0.25) is 0 Å². The minimum atomic E-state index is -0.203. The molecule has 0 aromatic carbocycles. The fraction of sp³-hybridized carbons (Fsp3) is 0.895. The highest BCUT2D eigenvalue weighted by atomic mass is 16.5. The van der Waals surface area contributed by atoms with E-state index in [1.807, 2.05) is 0 Å². The van der Waals surface area contributed by atoms with Gasteiger partial charge in [0.05, 0.1) is 12.7 Å². The van der Waals surface area contributed by atoms with Crippen molar-refractivity contribution >= 4 is 11.6 Å². The number of ether oxygens (including phenoxy) is 1. The molecule has 24 heavy (non-hydrogen) atoms. The van der Waals surface area contributed by atoms with E-state index in [9.17, 15) is 9.59 Å². The first-order valence-corrected chi connectivity index (χ1v) is 9.84. The Balaban J connectivity index is 1.65. The maximum absolute atomic E-state index is 12.4. The van der Waals surface area contributed by atoms with Crippen molar-refractivity contribution in [1.82, 2.24) is 10.6 Å². The van der Waals surface area contributed by atoms with Crippen LogP contribution in [0.15, 0.2) is 0 Å². The molecule has 1 heterocycles. The lowest BCUT2D eigenvalue weighted by Crippen LogP contribution is -2.43. The van der Waals surface area contributed by atoms with E-state index in [1.165, 1.54) is 25.7 Å². The smallest absolute Gasteiger partial charge is 0.201 e. The molecule has 4 atom stereocenters. The summed E-state index contributed by atoms with van der Waals surface area (Å²) in [4.78, 5) is 24.6. The Morgan fingerprint density at radius 1 is 0.917 bits per heavy atom. The summed E-state index contributed by atoms with van der Waals surface area (Å²) in [7, 11) is 0. The molecule has 3 aliphatic rings. The van der Waals surface area contributed by atoms with Crippen LogP contribution in [0.3, 0.4) is 0 Å². The van der Waals surface area contributed by atoms with Crippen LogP contribution in [0.5, 0.6) is 0 Å². The average Bonchev–Trinajstić information content (AvgIpc) is 2.59. The summed E-state index contributed by atoms with van der Waals surface area (Å²) in [5.74, 6) is 0.608. The summed E-state index contributed by atoms with van der Waals surface area (Å²) >= 11 is 0. The topological polar surface area (TPSA) is 67.4 Å². The van der Waals surface area contributed by atoms with Gasteiger partial charge < -0.3 is 15.4 Å². The Morgan fingerprint density at radius 3 is 2.62 bits per heavy atom. The third-order valence-electron chi connectivity index (χ3n) is 5.96. The normalized spacial score (nSPS) is 37.2. The molecule has 0 amide bonds. The van der Waals surface area contributed by atoms with Crippen molar-refractivity contribution < 1.29 is 14.3 Å². The molecule has 4 unspecified atom stereocenters. The molecule has 3 fully saturated rings. The van der Waals surface area contributed by atoms with Crippen LogP contribution >= 0.6 is 0 Å². The molecule has 1 aliphatic heterocycles. The fourth-order valence-electron chi connectivity index (χ4n) is 4.63. The van der Waals surface area contributed by atoms with Crippen LogP contribution < -0.4 is 10.6 Å². The molecule has 136 valence electrons. The van der Waals surface area contributed by atoms with Crippen LogP contribution in [0.4, 0.5) is 0 Å². The van der Waals surface area contributed by atoms with Gasteiger partial charge in [-0.2, -0.15) is 0 Å². The minimum absolute atomic E-state index is 0.0617. The zero-order valence-corrected chi connectivity index (χ0v) is 14.7. The number of nitrogens with one attached hydrogen (secondary N) is 2. The van der Waals surface area contributed by atoms with Crippen molar-refractivity contribution in [2.24, 2.45) is 17.8 Å². The molecule has 0 spiro atoms. The van der Waals surface area contributed by atoms with Gasteiger partial charge in [-0.1, -0.05) is 6.42 Å². The van der Waals surface area contributed by atoms with E-state index in [0.29, 0.717) is 18.4 Å². The number of hydrogen-bond donors (Lipinski definition) is 2. The lowest BCUT2D eigenvalue weighted by molar-refractivity contribution is -0.147. The summed E-state index contributed by atoms with van der Waals surface area (Å²) in [5.41, 5.74) is 0. The Bertz CT molecular complexity index is 440. The Kier molecular flexibility index (Phi) is 6.81. The molecule has 0 aromatic rings. The lowest BCUT2D eigenvalue weighted by atomic mass is 9.69. The third kappa shape index (κ3) is 4.87. The molecule has 1 saturated heterocycles. The van der Waals surface area contributed by atoms with E-state index in [2.05, 4.69) is 10.6 Å². The maximum Gasteiger partial charge on any atom is 0.201 e. The molecule has 2 saturated carbocycles. The third-order valence-corrected chi connectivity index (χ3v) is 5.96. The summed E-state index contributed by atoms with van der Waals surface area (Å²) in [6, 6.07) is 0. The van der Waals surface area contributed by atoms with Crippen molar-refractivity contribution in [2.45, 2.75) is 57.5 Å². The van der Waals surface area contributed by atoms with Gasteiger partial charge in [0.25, 0.3) is 0 Å². The second-order valence-electron chi connectivity index (χ2n) is 7.78. The van der Waals surface area contributed by atoms with Gasteiger partial charge in [-0.15, -0.1) is 0 Å². The number of carbonyl (C=O) groups is 2. The zero-order chi connectivity index (χ0) is 16.8. The van der Waals surface area contributed by atoms with E-state index >= 15 is 0 Å². The number of rotatable bonds is 0. The van der Waals surface area contributed by atoms with Crippen LogP contribution in [0.25, 0.3) is 0 Å². The van der Waals surface area contributed by atoms with E-state index in [0.717, 1.165) is 45.4 Å². The lowest BCUT2D eigenvalue weighted by Gasteiger charge is -2.37. The maximum atomic E-state index is 12.4. The van der Waals surface area contributed by atoms with Crippen molar-refractivity contribution in [3.8, 4) is 0 Å². The standard InChI is InChI=1S/C19H32N2O3/c22-18-12-16-11-17(19(18)23)15-5-3-4-14(10-15)13-21-7-2-1-6-20-8-9-24-16/h14-17,20-21H,1-13H2. The van der Waals surface area contributed by atoms with E-state index in [4.69, 9.17) is 4.74 Å². The molecule has 2 aliphatic carbocycles. The zero-order valence-electron chi connectivity index (χ0n) is 14.7. The van der Waals surface area contributed by atoms with Gasteiger partial charge in [0.15, 0.2) is 0 Å². The molecule has 5 heteroatoms. The van der Waals surface area contributed by atoms with Crippen molar-refractivity contribution in [3.05, 3.63) is 0 Å². The first kappa shape index (κ1) is 18.0.